The van der Waals surface area contributed by atoms with Gasteiger partial charge in [-0.05, 0) is 68.4 Å². The van der Waals surface area contributed by atoms with Gasteiger partial charge in [-0.2, -0.15) is 0 Å². The van der Waals surface area contributed by atoms with Gasteiger partial charge in [-0.25, -0.2) is 0 Å². The Balaban J connectivity index is 1.60. The lowest BCUT2D eigenvalue weighted by molar-refractivity contribution is -0.120. The largest absolute Gasteiger partial charge is 0.493 e. The third-order valence-corrected chi connectivity index (χ3v) is 5.77. The molecule has 8 heteroatoms. The quantitative estimate of drug-likeness (QED) is 0.454. The highest BCUT2D eigenvalue weighted by atomic mass is 79.9. The van der Waals surface area contributed by atoms with Crippen molar-refractivity contribution in [3.05, 3.63) is 52.5 Å². The van der Waals surface area contributed by atoms with Gasteiger partial charge in [0.1, 0.15) is 5.75 Å². The second-order valence-electron chi connectivity index (χ2n) is 7.39. The van der Waals surface area contributed by atoms with Gasteiger partial charge in [-0.3, -0.25) is 14.9 Å². The summed E-state index contributed by atoms with van der Waals surface area (Å²) in [5.41, 5.74) is 1.75. The van der Waals surface area contributed by atoms with Crippen molar-refractivity contribution in [1.29, 1.82) is 0 Å². The van der Waals surface area contributed by atoms with Gasteiger partial charge in [-0.15, -0.1) is 0 Å². The zero-order chi connectivity index (χ0) is 22.2. The lowest BCUT2D eigenvalue weighted by atomic mass is 9.88. The number of hydrogen-bond acceptors (Lipinski definition) is 4. The molecule has 0 atom stereocenters. The number of rotatable bonds is 6. The van der Waals surface area contributed by atoms with Crippen molar-refractivity contribution in [2.24, 2.45) is 5.92 Å². The van der Waals surface area contributed by atoms with E-state index in [0.717, 1.165) is 30.2 Å². The van der Waals surface area contributed by atoms with E-state index in [1.165, 1.54) is 6.42 Å². The minimum absolute atomic E-state index is 0.0610. The molecule has 0 bridgehead atoms. The standard InChI is InChI=1S/C23H26BrN3O3S/c1-2-30-20-12-11-16(24)13-19(20)22(29)27-23(31)26-18-10-6-9-17(14-18)25-21(28)15-7-4-3-5-8-15/h6,9-15H,2-5,7-8H2,1H3,(H,25,28)(H2,26,27,29,31). The number of carbonyl (C=O) groups is 2. The van der Waals surface area contributed by atoms with Crippen LogP contribution in [0.5, 0.6) is 5.75 Å². The average Bonchev–Trinajstić information content (AvgIpc) is 2.76. The molecule has 0 aromatic heterocycles. The molecule has 1 saturated carbocycles. The first-order valence-corrected chi connectivity index (χ1v) is 11.6. The molecule has 3 rings (SSSR count). The Morgan fingerprint density at radius 2 is 1.77 bits per heavy atom. The van der Waals surface area contributed by atoms with E-state index >= 15 is 0 Å². The summed E-state index contributed by atoms with van der Waals surface area (Å²) in [5, 5.41) is 8.82. The smallest absolute Gasteiger partial charge is 0.261 e. The van der Waals surface area contributed by atoms with E-state index in [-0.39, 0.29) is 22.8 Å². The van der Waals surface area contributed by atoms with Gasteiger partial charge >= 0.3 is 0 Å². The Hall–Kier alpha value is -2.45. The molecule has 6 nitrogen and oxygen atoms in total. The van der Waals surface area contributed by atoms with E-state index in [4.69, 9.17) is 17.0 Å². The fourth-order valence-corrected chi connectivity index (χ4v) is 4.15. The predicted octanol–water partition coefficient (Wildman–Crippen LogP) is 5.49. The van der Waals surface area contributed by atoms with E-state index < -0.39 is 0 Å². The van der Waals surface area contributed by atoms with Crippen LogP contribution in [-0.2, 0) is 4.79 Å². The number of amides is 2. The summed E-state index contributed by atoms with van der Waals surface area (Å²) in [6.07, 6.45) is 5.31. The molecule has 0 saturated heterocycles. The van der Waals surface area contributed by atoms with E-state index in [1.54, 1.807) is 18.2 Å². The van der Waals surface area contributed by atoms with Crippen LogP contribution in [-0.4, -0.2) is 23.5 Å². The van der Waals surface area contributed by atoms with Crippen molar-refractivity contribution in [1.82, 2.24) is 5.32 Å². The van der Waals surface area contributed by atoms with Crippen LogP contribution in [0.1, 0.15) is 49.4 Å². The molecule has 1 aliphatic carbocycles. The number of carbonyl (C=O) groups excluding carboxylic acids is 2. The summed E-state index contributed by atoms with van der Waals surface area (Å²) in [5.74, 6) is 0.253. The van der Waals surface area contributed by atoms with E-state index in [2.05, 4.69) is 31.9 Å². The normalized spacial score (nSPS) is 13.9. The molecule has 0 aliphatic heterocycles. The van der Waals surface area contributed by atoms with E-state index in [1.807, 2.05) is 31.2 Å². The van der Waals surface area contributed by atoms with Crippen molar-refractivity contribution >= 4 is 56.4 Å². The second kappa shape index (κ2) is 11.2. The number of hydrogen-bond donors (Lipinski definition) is 3. The lowest BCUT2D eigenvalue weighted by Crippen LogP contribution is -2.34. The fraction of sp³-hybridized carbons (Fsp3) is 0.348. The average molecular weight is 504 g/mol. The Labute approximate surface area is 196 Å². The van der Waals surface area contributed by atoms with Crippen LogP contribution < -0.4 is 20.7 Å². The first kappa shape index (κ1) is 23.2. The van der Waals surface area contributed by atoms with Gasteiger partial charge in [0.05, 0.1) is 12.2 Å². The van der Waals surface area contributed by atoms with Crippen molar-refractivity contribution in [3.8, 4) is 5.75 Å². The molecule has 164 valence electrons. The Morgan fingerprint density at radius 1 is 1.06 bits per heavy atom. The molecule has 0 radical (unpaired) electrons. The highest BCUT2D eigenvalue weighted by Gasteiger charge is 2.21. The molecular weight excluding hydrogens is 478 g/mol. The van der Waals surface area contributed by atoms with Crippen LogP contribution in [0.15, 0.2) is 46.9 Å². The highest BCUT2D eigenvalue weighted by Crippen LogP contribution is 2.26. The predicted molar refractivity (Wildman–Crippen MR) is 131 cm³/mol. The summed E-state index contributed by atoms with van der Waals surface area (Å²) < 4.78 is 6.30. The molecule has 2 aromatic carbocycles. The molecule has 31 heavy (non-hydrogen) atoms. The van der Waals surface area contributed by atoms with Gasteiger partial charge in [0.25, 0.3) is 5.91 Å². The molecular formula is C23H26BrN3O3S. The molecule has 1 aliphatic rings. The monoisotopic (exact) mass is 503 g/mol. The summed E-state index contributed by atoms with van der Waals surface area (Å²) in [6, 6.07) is 12.5. The number of halogens is 1. The maximum absolute atomic E-state index is 12.7. The molecule has 2 aromatic rings. The van der Waals surface area contributed by atoms with Crippen LogP contribution in [0.3, 0.4) is 0 Å². The summed E-state index contributed by atoms with van der Waals surface area (Å²) in [7, 11) is 0. The SMILES string of the molecule is CCOc1ccc(Br)cc1C(=O)NC(=S)Nc1cccc(NC(=O)C2CCCCC2)c1. The summed E-state index contributed by atoms with van der Waals surface area (Å²) in [4.78, 5) is 25.2. The van der Waals surface area contributed by atoms with E-state index in [9.17, 15) is 9.59 Å². The maximum Gasteiger partial charge on any atom is 0.261 e. The van der Waals surface area contributed by atoms with Crippen LogP contribution >= 0.6 is 28.1 Å². The molecule has 0 unspecified atom stereocenters. The summed E-state index contributed by atoms with van der Waals surface area (Å²) in [6.45, 7) is 2.31. The Bertz CT molecular complexity index is 961. The third kappa shape index (κ3) is 6.77. The first-order valence-electron chi connectivity index (χ1n) is 10.4. The molecule has 1 fully saturated rings. The molecule has 0 heterocycles. The van der Waals surface area contributed by atoms with Crippen LogP contribution in [0.25, 0.3) is 0 Å². The zero-order valence-corrected chi connectivity index (χ0v) is 19.8. The highest BCUT2D eigenvalue weighted by molar-refractivity contribution is 9.10. The zero-order valence-electron chi connectivity index (χ0n) is 17.4. The van der Waals surface area contributed by atoms with Crippen molar-refractivity contribution in [3.63, 3.8) is 0 Å². The fourth-order valence-electron chi connectivity index (χ4n) is 3.58. The second-order valence-corrected chi connectivity index (χ2v) is 8.71. The third-order valence-electron chi connectivity index (χ3n) is 5.08. The van der Waals surface area contributed by atoms with Crippen LogP contribution in [0.4, 0.5) is 11.4 Å². The van der Waals surface area contributed by atoms with Crippen molar-refractivity contribution < 1.29 is 14.3 Å². The molecule has 2 amide bonds. The van der Waals surface area contributed by atoms with Crippen LogP contribution in [0.2, 0.25) is 0 Å². The van der Waals surface area contributed by atoms with Crippen molar-refractivity contribution in [2.45, 2.75) is 39.0 Å². The Kier molecular flexibility index (Phi) is 8.43. The minimum atomic E-state index is -0.371. The number of thiocarbonyl (C=S) groups is 1. The lowest BCUT2D eigenvalue weighted by Gasteiger charge is -2.21. The number of ether oxygens (including phenoxy) is 1. The number of anilines is 2. The van der Waals surface area contributed by atoms with Gasteiger partial charge in [0.15, 0.2) is 5.11 Å². The van der Waals surface area contributed by atoms with Gasteiger partial charge in [0, 0.05) is 21.8 Å². The van der Waals surface area contributed by atoms with Gasteiger partial charge in [0.2, 0.25) is 5.91 Å². The van der Waals surface area contributed by atoms with Gasteiger partial charge < -0.3 is 15.4 Å². The molecule has 0 spiro atoms. The van der Waals surface area contributed by atoms with Crippen molar-refractivity contribution in [2.75, 3.05) is 17.2 Å². The summed E-state index contributed by atoms with van der Waals surface area (Å²) >= 11 is 8.68. The minimum Gasteiger partial charge on any atom is -0.493 e. The Morgan fingerprint density at radius 3 is 2.48 bits per heavy atom. The topological polar surface area (TPSA) is 79.5 Å². The maximum atomic E-state index is 12.7. The first-order chi connectivity index (χ1) is 15.0. The number of nitrogens with one attached hydrogen (secondary N) is 3. The van der Waals surface area contributed by atoms with E-state index in [0.29, 0.717) is 29.3 Å². The van der Waals surface area contributed by atoms with Crippen LogP contribution in [0, 0.1) is 5.92 Å². The number of benzene rings is 2. The molecule has 3 N–H and O–H groups in total. The van der Waals surface area contributed by atoms with Gasteiger partial charge in [-0.1, -0.05) is 41.3 Å².